The summed E-state index contributed by atoms with van der Waals surface area (Å²) >= 11 is 0. The first-order valence-corrected chi connectivity index (χ1v) is 9.14. The minimum absolute atomic E-state index is 0.194. The van der Waals surface area contributed by atoms with Crippen LogP contribution in [0, 0.1) is 12.8 Å². The van der Waals surface area contributed by atoms with Gasteiger partial charge < -0.3 is 15.2 Å². The topological polar surface area (TPSA) is 76.0 Å². The Hall–Kier alpha value is -2.37. The molecule has 1 aliphatic carbocycles. The standard InChI is InChI=1S/C19H26N4O2/c1-3-23-12-16(17(24)15-10-9-13(2)21-18(15)23)22-19(25)20-11-14-7-5-4-6-8-14/h9-10,12,14H,3-8,11H2,1-2H3,(H2,20,22,25). The van der Waals surface area contributed by atoms with Crippen molar-refractivity contribution in [3.63, 3.8) is 0 Å². The molecule has 2 aromatic heterocycles. The van der Waals surface area contributed by atoms with Crippen molar-refractivity contribution >= 4 is 22.8 Å². The van der Waals surface area contributed by atoms with E-state index in [1.807, 2.05) is 24.5 Å². The molecular formula is C19H26N4O2. The van der Waals surface area contributed by atoms with E-state index in [1.165, 1.54) is 32.1 Å². The Morgan fingerprint density at radius 1 is 1.28 bits per heavy atom. The molecule has 2 N–H and O–H groups in total. The molecule has 0 aliphatic heterocycles. The normalized spacial score (nSPS) is 15.3. The van der Waals surface area contributed by atoms with Crippen LogP contribution in [0.5, 0.6) is 0 Å². The van der Waals surface area contributed by atoms with Gasteiger partial charge in [-0.2, -0.15) is 0 Å². The molecule has 6 heteroatoms. The molecule has 6 nitrogen and oxygen atoms in total. The molecule has 3 rings (SSSR count). The molecule has 0 bridgehead atoms. The third-order valence-electron chi connectivity index (χ3n) is 4.93. The summed E-state index contributed by atoms with van der Waals surface area (Å²) in [5.74, 6) is 0.551. The number of urea groups is 1. The number of nitrogens with one attached hydrogen (secondary N) is 2. The summed E-state index contributed by atoms with van der Waals surface area (Å²) in [5, 5.41) is 6.15. The number of nitrogens with zero attached hydrogens (tertiary/aromatic N) is 2. The lowest BCUT2D eigenvalue weighted by Gasteiger charge is -2.21. The number of carbonyl (C=O) groups is 1. The fraction of sp³-hybridized carbons (Fsp3) is 0.526. The average molecular weight is 342 g/mol. The Balaban J connectivity index is 1.76. The van der Waals surface area contributed by atoms with E-state index >= 15 is 0 Å². The molecule has 0 unspecified atom stereocenters. The van der Waals surface area contributed by atoms with Gasteiger partial charge in [0.1, 0.15) is 11.3 Å². The van der Waals surface area contributed by atoms with Crippen LogP contribution in [0.25, 0.3) is 11.0 Å². The fourth-order valence-corrected chi connectivity index (χ4v) is 3.48. The zero-order chi connectivity index (χ0) is 17.8. The number of aromatic nitrogens is 2. The van der Waals surface area contributed by atoms with Crippen LogP contribution in [0.4, 0.5) is 10.5 Å². The van der Waals surface area contributed by atoms with E-state index in [0.717, 1.165) is 5.69 Å². The van der Waals surface area contributed by atoms with E-state index in [4.69, 9.17) is 0 Å². The van der Waals surface area contributed by atoms with E-state index in [0.29, 0.717) is 35.7 Å². The first kappa shape index (κ1) is 17.5. The van der Waals surface area contributed by atoms with E-state index in [9.17, 15) is 9.59 Å². The van der Waals surface area contributed by atoms with Crippen molar-refractivity contribution < 1.29 is 4.79 Å². The molecule has 0 radical (unpaired) electrons. The molecule has 0 spiro atoms. The van der Waals surface area contributed by atoms with Crippen molar-refractivity contribution in [2.45, 2.75) is 52.5 Å². The zero-order valence-electron chi connectivity index (χ0n) is 15.0. The summed E-state index contributed by atoms with van der Waals surface area (Å²) in [4.78, 5) is 29.3. The Morgan fingerprint density at radius 2 is 2.04 bits per heavy atom. The van der Waals surface area contributed by atoms with Crippen LogP contribution in [0.1, 0.15) is 44.7 Å². The van der Waals surface area contributed by atoms with Crippen LogP contribution < -0.4 is 16.1 Å². The van der Waals surface area contributed by atoms with Gasteiger partial charge in [0.05, 0.1) is 5.39 Å². The molecule has 0 saturated heterocycles. The molecule has 1 saturated carbocycles. The van der Waals surface area contributed by atoms with E-state index in [2.05, 4.69) is 15.6 Å². The molecular weight excluding hydrogens is 316 g/mol. The predicted octanol–water partition coefficient (Wildman–Crippen LogP) is 3.43. The minimum atomic E-state index is -0.315. The maximum atomic E-state index is 12.7. The number of fused-ring (bicyclic) bond motifs is 1. The third kappa shape index (κ3) is 4.00. The van der Waals surface area contributed by atoms with Gasteiger partial charge in [-0.3, -0.25) is 4.79 Å². The number of carbonyl (C=O) groups excluding carboxylic acids is 1. The van der Waals surface area contributed by atoms with E-state index in [1.54, 1.807) is 12.3 Å². The lowest BCUT2D eigenvalue weighted by atomic mass is 9.89. The van der Waals surface area contributed by atoms with Crippen LogP contribution >= 0.6 is 0 Å². The van der Waals surface area contributed by atoms with E-state index in [-0.39, 0.29) is 11.5 Å². The maximum Gasteiger partial charge on any atom is 0.319 e. The molecule has 1 aliphatic rings. The minimum Gasteiger partial charge on any atom is -0.338 e. The van der Waals surface area contributed by atoms with Crippen LogP contribution in [-0.2, 0) is 6.54 Å². The molecule has 2 amide bonds. The van der Waals surface area contributed by atoms with Gasteiger partial charge in [0.25, 0.3) is 0 Å². The molecule has 25 heavy (non-hydrogen) atoms. The predicted molar refractivity (Wildman–Crippen MR) is 100 cm³/mol. The Labute approximate surface area is 147 Å². The van der Waals surface area contributed by atoms with Crippen LogP contribution in [0.3, 0.4) is 0 Å². The van der Waals surface area contributed by atoms with Gasteiger partial charge in [-0.25, -0.2) is 9.78 Å². The van der Waals surface area contributed by atoms with Gasteiger partial charge in [-0.1, -0.05) is 19.3 Å². The summed E-state index contributed by atoms with van der Waals surface area (Å²) in [5.41, 5.74) is 1.61. The number of rotatable bonds is 4. The van der Waals surface area contributed by atoms with Crippen LogP contribution in [0.15, 0.2) is 23.1 Å². The van der Waals surface area contributed by atoms with Gasteiger partial charge in [-0.05, 0) is 44.7 Å². The molecule has 0 aromatic carbocycles. The second-order valence-electron chi connectivity index (χ2n) is 6.82. The molecule has 2 heterocycles. The smallest absolute Gasteiger partial charge is 0.319 e. The molecule has 2 aromatic rings. The second kappa shape index (κ2) is 7.68. The SMILES string of the molecule is CCn1cc(NC(=O)NCC2CCCCC2)c(=O)c2ccc(C)nc21. The lowest BCUT2D eigenvalue weighted by Crippen LogP contribution is -2.35. The van der Waals surface area contributed by atoms with Crippen molar-refractivity contribution in [2.75, 3.05) is 11.9 Å². The quantitative estimate of drug-likeness (QED) is 0.894. The van der Waals surface area contributed by atoms with Gasteiger partial charge in [0.15, 0.2) is 0 Å². The fourth-order valence-electron chi connectivity index (χ4n) is 3.48. The number of amides is 2. The summed E-state index contributed by atoms with van der Waals surface area (Å²) in [6, 6.07) is 3.28. The molecule has 1 fully saturated rings. The van der Waals surface area contributed by atoms with E-state index < -0.39 is 0 Å². The van der Waals surface area contributed by atoms with Crippen molar-refractivity contribution in [1.82, 2.24) is 14.9 Å². The Morgan fingerprint density at radius 3 is 2.76 bits per heavy atom. The number of hydrogen-bond donors (Lipinski definition) is 2. The first-order chi connectivity index (χ1) is 12.1. The Bertz CT molecular complexity index is 822. The monoisotopic (exact) mass is 342 g/mol. The number of aryl methyl sites for hydroxylation is 2. The van der Waals surface area contributed by atoms with Crippen LogP contribution in [-0.4, -0.2) is 22.1 Å². The average Bonchev–Trinajstić information content (AvgIpc) is 2.63. The zero-order valence-corrected chi connectivity index (χ0v) is 15.0. The largest absolute Gasteiger partial charge is 0.338 e. The Kier molecular flexibility index (Phi) is 5.36. The summed E-state index contributed by atoms with van der Waals surface area (Å²) in [7, 11) is 0. The molecule has 134 valence electrons. The summed E-state index contributed by atoms with van der Waals surface area (Å²) in [6.07, 6.45) is 7.80. The van der Waals surface area contributed by atoms with Crippen molar-refractivity contribution in [2.24, 2.45) is 5.92 Å². The molecule has 0 atom stereocenters. The number of anilines is 1. The van der Waals surface area contributed by atoms with Crippen molar-refractivity contribution in [3.8, 4) is 0 Å². The summed E-state index contributed by atoms with van der Waals surface area (Å²) < 4.78 is 1.89. The highest BCUT2D eigenvalue weighted by Crippen LogP contribution is 2.22. The summed E-state index contributed by atoms with van der Waals surface area (Å²) in [6.45, 7) is 5.23. The van der Waals surface area contributed by atoms with Gasteiger partial charge in [0, 0.05) is 25.0 Å². The van der Waals surface area contributed by atoms with Crippen molar-refractivity contribution in [1.29, 1.82) is 0 Å². The van der Waals surface area contributed by atoms with Crippen LogP contribution in [0.2, 0.25) is 0 Å². The highest BCUT2D eigenvalue weighted by Gasteiger charge is 2.16. The number of pyridine rings is 2. The third-order valence-corrected chi connectivity index (χ3v) is 4.93. The lowest BCUT2D eigenvalue weighted by molar-refractivity contribution is 0.247. The second-order valence-corrected chi connectivity index (χ2v) is 6.82. The highest BCUT2D eigenvalue weighted by atomic mass is 16.2. The van der Waals surface area contributed by atoms with Crippen molar-refractivity contribution in [3.05, 3.63) is 34.2 Å². The van der Waals surface area contributed by atoms with Gasteiger partial charge in [0.2, 0.25) is 5.43 Å². The highest BCUT2D eigenvalue weighted by molar-refractivity contribution is 5.91. The first-order valence-electron chi connectivity index (χ1n) is 9.14. The maximum absolute atomic E-state index is 12.7. The van der Waals surface area contributed by atoms with Gasteiger partial charge in [-0.15, -0.1) is 0 Å². The number of hydrogen-bond acceptors (Lipinski definition) is 3. The van der Waals surface area contributed by atoms with Gasteiger partial charge >= 0.3 is 6.03 Å².